The first-order chi connectivity index (χ1) is 11.6. The standard InChI is InChI=1S/C18H15BrN2O3/c1-23-14-5-2-11(3-6-14)10-21-18(22)15-9-12-8-13(19)4-7-16(12)24-17(15)20/h2-9,20H,10H2,1H3,(H,21,22). The van der Waals surface area contributed by atoms with E-state index in [1.807, 2.05) is 36.4 Å². The van der Waals surface area contributed by atoms with Gasteiger partial charge in [0.25, 0.3) is 5.91 Å². The van der Waals surface area contributed by atoms with Crippen molar-refractivity contribution in [2.45, 2.75) is 6.54 Å². The Morgan fingerprint density at radius 2 is 1.96 bits per heavy atom. The molecule has 2 aromatic carbocycles. The first-order valence-electron chi connectivity index (χ1n) is 7.26. The van der Waals surface area contributed by atoms with Crippen molar-refractivity contribution >= 4 is 32.8 Å². The van der Waals surface area contributed by atoms with Crippen molar-refractivity contribution in [2.24, 2.45) is 0 Å². The van der Waals surface area contributed by atoms with Crippen LogP contribution in [0.4, 0.5) is 0 Å². The third-order valence-corrected chi connectivity index (χ3v) is 4.08. The number of amides is 1. The van der Waals surface area contributed by atoms with E-state index in [2.05, 4.69) is 21.2 Å². The number of ether oxygens (including phenoxy) is 1. The number of nitrogens with one attached hydrogen (secondary N) is 2. The van der Waals surface area contributed by atoms with Crippen LogP contribution in [0.25, 0.3) is 11.0 Å². The number of rotatable bonds is 4. The van der Waals surface area contributed by atoms with Crippen molar-refractivity contribution in [3.63, 3.8) is 0 Å². The van der Waals surface area contributed by atoms with Crippen molar-refractivity contribution < 1.29 is 13.9 Å². The predicted molar refractivity (Wildman–Crippen MR) is 93.9 cm³/mol. The summed E-state index contributed by atoms with van der Waals surface area (Å²) in [6, 6.07) is 14.5. The van der Waals surface area contributed by atoms with E-state index >= 15 is 0 Å². The van der Waals surface area contributed by atoms with Crippen LogP contribution in [-0.4, -0.2) is 13.0 Å². The summed E-state index contributed by atoms with van der Waals surface area (Å²) in [5.41, 5.74) is 1.55. The Morgan fingerprint density at radius 3 is 2.67 bits per heavy atom. The number of carbonyl (C=O) groups excluding carboxylic acids is 1. The van der Waals surface area contributed by atoms with Crippen molar-refractivity contribution in [1.82, 2.24) is 5.32 Å². The number of benzene rings is 2. The molecule has 0 aliphatic carbocycles. The highest BCUT2D eigenvalue weighted by molar-refractivity contribution is 9.10. The maximum Gasteiger partial charge on any atom is 0.257 e. The van der Waals surface area contributed by atoms with E-state index in [0.29, 0.717) is 12.1 Å². The third kappa shape index (κ3) is 3.49. The van der Waals surface area contributed by atoms with Crippen LogP contribution in [0.3, 0.4) is 0 Å². The van der Waals surface area contributed by atoms with Crippen molar-refractivity contribution in [1.29, 1.82) is 5.41 Å². The molecule has 0 saturated heterocycles. The van der Waals surface area contributed by atoms with Crippen LogP contribution >= 0.6 is 15.9 Å². The molecule has 2 N–H and O–H groups in total. The second-order valence-corrected chi connectivity index (χ2v) is 6.12. The normalized spacial score (nSPS) is 10.6. The molecule has 1 heterocycles. The molecule has 0 atom stereocenters. The molecule has 24 heavy (non-hydrogen) atoms. The summed E-state index contributed by atoms with van der Waals surface area (Å²) in [6.45, 7) is 0.360. The molecule has 6 heteroatoms. The van der Waals surface area contributed by atoms with Gasteiger partial charge in [-0.1, -0.05) is 28.1 Å². The molecule has 0 spiro atoms. The van der Waals surface area contributed by atoms with E-state index in [9.17, 15) is 4.79 Å². The van der Waals surface area contributed by atoms with E-state index in [-0.39, 0.29) is 17.0 Å². The van der Waals surface area contributed by atoms with Gasteiger partial charge in [-0.3, -0.25) is 10.2 Å². The molecule has 1 amide bonds. The molecular weight excluding hydrogens is 372 g/mol. The summed E-state index contributed by atoms with van der Waals surface area (Å²) in [4.78, 5) is 12.4. The molecule has 0 saturated carbocycles. The van der Waals surface area contributed by atoms with Gasteiger partial charge in [0.15, 0.2) is 0 Å². The van der Waals surface area contributed by atoms with Crippen LogP contribution in [0, 0.1) is 5.41 Å². The van der Waals surface area contributed by atoms with Gasteiger partial charge < -0.3 is 14.5 Å². The number of hydrogen-bond acceptors (Lipinski definition) is 4. The van der Waals surface area contributed by atoms with Gasteiger partial charge in [-0.25, -0.2) is 0 Å². The summed E-state index contributed by atoms with van der Waals surface area (Å²) in [7, 11) is 1.61. The van der Waals surface area contributed by atoms with Crippen LogP contribution in [0.1, 0.15) is 15.9 Å². The number of fused-ring (bicyclic) bond motifs is 1. The summed E-state index contributed by atoms with van der Waals surface area (Å²) < 4.78 is 11.4. The zero-order chi connectivity index (χ0) is 17.1. The maximum atomic E-state index is 12.4. The van der Waals surface area contributed by atoms with E-state index in [0.717, 1.165) is 21.2 Å². The fraction of sp³-hybridized carbons (Fsp3) is 0.111. The lowest BCUT2D eigenvalue weighted by molar-refractivity contribution is 0.0946. The third-order valence-electron chi connectivity index (χ3n) is 3.59. The molecule has 0 fully saturated rings. The lowest BCUT2D eigenvalue weighted by Gasteiger charge is -2.07. The van der Waals surface area contributed by atoms with Gasteiger partial charge in [0.2, 0.25) is 5.55 Å². The Bertz CT molecular complexity index is 949. The van der Waals surface area contributed by atoms with Gasteiger partial charge in [0, 0.05) is 16.4 Å². The lowest BCUT2D eigenvalue weighted by Crippen LogP contribution is -2.27. The molecule has 0 aliphatic heterocycles. The first kappa shape index (κ1) is 16.3. The number of carbonyl (C=O) groups is 1. The Kier molecular flexibility index (Phi) is 4.66. The molecule has 0 aliphatic rings. The number of hydrogen-bond donors (Lipinski definition) is 2. The molecule has 1 aromatic heterocycles. The van der Waals surface area contributed by atoms with Crippen molar-refractivity contribution in [3.05, 3.63) is 69.7 Å². The molecule has 0 unspecified atom stereocenters. The van der Waals surface area contributed by atoms with Gasteiger partial charge in [0.05, 0.1) is 7.11 Å². The van der Waals surface area contributed by atoms with Gasteiger partial charge in [-0.15, -0.1) is 0 Å². The van der Waals surface area contributed by atoms with E-state index < -0.39 is 0 Å². The van der Waals surface area contributed by atoms with E-state index in [1.165, 1.54) is 0 Å². The van der Waals surface area contributed by atoms with Crippen LogP contribution in [0.2, 0.25) is 0 Å². The average molecular weight is 387 g/mol. The molecule has 0 bridgehead atoms. The molecule has 5 nitrogen and oxygen atoms in total. The summed E-state index contributed by atoms with van der Waals surface area (Å²) in [5, 5.41) is 11.5. The first-order valence-corrected chi connectivity index (χ1v) is 8.05. The van der Waals surface area contributed by atoms with Crippen LogP contribution in [0.15, 0.2) is 57.4 Å². The minimum atomic E-state index is -0.346. The Morgan fingerprint density at radius 1 is 1.21 bits per heavy atom. The topological polar surface area (TPSA) is 75.3 Å². The minimum Gasteiger partial charge on any atom is -0.497 e. The van der Waals surface area contributed by atoms with Gasteiger partial charge in [-0.05, 0) is 42.0 Å². The summed E-state index contributed by atoms with van der Waals surface area (Å²) in [5.74, 6) is 0.416. The molecule has 122 valence electrons. The predicted octanol–water partition coefficient (Wildman–Crippen LogP) is 3.61. The Hall–Kier alpha value is -2.60. The van der Waals surface area contributed by atoms with E-state index in [4.69, 9.17) is 14.6 Å². The molecule has 3 aromatic rings. The SMILES string of the molecule is COc1ccc(CNC(=O)c2cc3cc(Br)ccc3oc2=N)cc1. The second kappa shape index (κ2) is 6.88. The zero-order valence-corrected chi connectivity index (χ0v) is 14.5. The Labute approximate surface area is 146 Å². The molecule has 3 rings (SSSR count). The maximum absolute atomic E-state index is 12.4. The van der Waals surface area contributed by atoms with Crippen LogP contribution < -0.4 is 15.6 Å². The smallest absolute Gasteiger partial charge is 0.257 e. The highest BCUT2D eigenvalue weighted by atomic mass is 79.9. The monoisotopic (exact) mass is 386 g/mol. The number of halogens is 1. The van der Waals surface area contributed by atoms with Crippen molar-refractivity contribution in [2.75, 3.05) is 7.11 Å². The van der Waals surface area contributed by atoms with Crippen LogP contribution in [-0.2, 0) is 6.54 Å². The fourth-order valence-electron chi connectivity index (χ4n) is 2.30. The number of methoxy groups -OCH3 is 1. The minimum absolute atomic E-state index is 0.156. The van der Waals surface area contributed by atoms with E-state index in [1.54, 1.807) is 19.2 Å². The molecular formula is C18H15BrN2O3. The van der Waals surface area contributed by atoms with Gasteiger partial charge >= 0.3 is 0 Å². The Balaban J connectivity index is 1.80. The summed E-state index contributed by atoms with van der Waals surface area (Å²) >= 11 is 3.39. The quantitative estimate of drug-likeness (QED) is 0.718. The van der Waals surface area contributed by atoms with Crippen molar-refractivity contribution in [3.8, 4) is 5.75 Å². The lowest BCUT2D eigenvalue weighted by atomic mass is 10.1. The fourth-order valence-corrected chi connectivity index (χ4v) is 2.68. The van der Waals surface area contributed by atoms with Crippen LogP contribution in [0.5, 0.6) is 5.75 Å². The highest BCUT2D eigenvalue weighted by Gasteiger charge is 2.11. The second-order valence-electron chi connectivity index (χ2n) is 5.20. The highest BCUT2D eigenvalue weighted by Crippen LogP contribution is 2.19. The largest absolute Gasteiger partial charge is 0.497 e. The average Bonchev–Trinajstić information content (AvgIpc) is 2.60. The zero-order valence-electron chi connectivity index (χ0n) is 12.9. The van der Waals surface area contributed by atoms with Gasteiger partial charge in [0.1, 0.15) is 16.9 Å². The summed E-state index contributed by atoms with van der Waals surface area (Å²) in [6.07, 6.45) is 0. The van der Waals surface area contributed by atoms with Gasteiger partial charge in [-0.2, -0.15) is 0 Å². The molecule has 0 radical (unpaired) electrons.